The summed E-state index contributed by atoms with van der Waals surface area (Å²) in [6.07, 6.45) is 4.76. The number of nitrogens with zero attached hydrogens (tertiary/aromatic N) is 1. The first kappa shape index (κ1) is 17.4. The Morgan fingerprint density at radius 2 is 2.11 bits per heavy atom. The molecule has 0 aromatic heterocycles. The van der Waals surface area contributed by atoms with E-state index in [0.717, 1.165) is 19.3 Å². The van der Waals surface area contributed by atoms with Crippen LogP contribution >= 0.6 is 0 Å². The third-order valence-electron chi connectivity index (χ3n) is 3.55. The van der Waals surface area contributed by atoms with Gasteiger partial charge in [0.25, 0.3) is 5.91 Å². The van der Waals surface area contributed by atoms with E-state index in [1.165, 1.54) is 5.92 Å². The number of rotatable bonds is 2. The Balaban J connectivity index is 0.00000289. The zero-order valence-corrected chi connectivity index (χ0v) is 12.4. The second-order valence-electron chi connectivity index (χ2n) is 5.20. The molecule has 1 heterocycles. The first-order valence-electron chi connectivity index (χ1n) is 5.96. The van der Waals surface area contributed by atoms with Crippen LogP contribution in [-0.2, 0) is 22.2 Å². The van der Waals surface area contributed by atoms with Gasteiger partial charge in [0, 0.05) is 23.9 Å². The molecule has 102 valence electrons. The molecule has 0 N–H and O–H groups in total. The molecular formula is C14H21CrFNO-. The summed E-state index contributed by atoms with van der Waals surface area (Å²) in [7, 11) is 0. The fraction of sp³-hybridized carbons (Fsp3) is 0.571. The van der Waals surface area contributed by atoms with Crippen LogP contribution in [0.1, 0.15) is 33.1 Å². The van der Waals surface area contributed by atoms with E-state index in [-0.39, 0.29) is 22.8 Å². The molecule has 4 heteroatoms. The molecule has 0 bridgehead atoms. The van der Waals surface area contributed by atoms with Gasteiger partial charge in [-0.1, -0.05) is 26.0 Å². The minimum Gasteiger partial charge on any atom is -0.366 e. The molecule has 0 aromatic rings. The van der Waals surface area contributed by atoms with Gasteiger partial charge in [-0.25, -0.2) is 4.39 Å². The number of likely N-dealkylation sites (tertiary alicyclic amines) is 1. The van der Waals surface area contributed by atoms with Gasteiger partial charge in [-0.3, -0.25) is 10.7 Å². The third-order valence-corrected chi connectivity index (χ3v) is 3.55. The largest absolute Gasteiger partial charge is 0.366 e. The topological polar surface area (TPSA) is 20.3 Å². The van der Waals surface area contributed by atoms with Crippen molar-refractivity contribution in [2.75, 3.05) is 13.1 Å². The molecule has 1 amide bonds. The van der Waals surface area contributed by atoms with E-state index in [0.29, 0.717) is 13.1 Å². The summed E-state index contributed by atoms with van der Waals surface area (Å²) in [5, 5.41) is 0. The number of amides is 1. The Labute approximate surface area is 120 Å². The second kappa shape index (κ2) is 7.11. The number of hydrogen-bond donors (Lipinski definition) is 0. The van der Waals surface area contributed by atoms with Gasteiger partial charge in [0.15, 0.2) is 5.83 Å². The zero-order valence-electron chi connectivity index (χ0n) is 11.2. The molecule has 0 radical (unpaired) electrons. The molecule has 18 heavy (non-hydrogen) atoms. The Morgan fingerprint density at radius 1 is 1.50 bits per heavy atom. The van der Waals surface area contributed by atoms with E-state index < -0.39 is 11.7 Å². The normalized spacial score (nSPS) is 25.6. The molecule has 1 saturated heterocycles. The van der Waals surface area contributed by atoms with Crippen molar-refractivity contribution in [3.8, 4) is 0 Å². The number of halogens is 1. The molecule has 1 fully saturated rings. The molecule has 2 nitrogen and oxygen atoms in total. The van der Waals surface area contributed by atoms with Crippen LogP contribution in [0.25, 0.3) is 0 Å². The summed E-state index contributed by atoms with van der Waals surface area (Å²) in [6.45, 7) is 12.2. The summed E-state index contributed by atoms with van der Waals surface area (Å²) in [5.74, 6) is -0.260. The van der Waals surface area contributed by atoms with Crippen molar-refractivity contribution in [3.05, 3.63) is 31.0 Å². The number of carbonyl (C=O) groups is 1. The first-order valence-corrected chi connectivity index (χ1v) is 5.96. The van der Waals surface area contributed by atoms with Crippen molar-refractivity contribution in [2.24, 2.45) is 5.41 Å². The molecule has 0 aliphatic carbocycles. The molecule has 1 aliphatic heterocycles. The van der Waals surface area contributed by atoms with Crippen LogP contribution in [0.5, 0.6) is 0 Å². The van der Waals surface area contributed by atoms with Gasteiger partial charge >= 0.3 is 0 Å². The number of allylic oxidation sites excluding steroid dienone is 1. The van der Waals surface area contributed by atoms with Gasteiger partial charge in [0.1, 0.15) is 0 Å². The monoisotopic (exact) mass is 290 g/mol. The fourth-order valence-corrected chi connectivity index (χ4v) is 2.05. The van der Waals surface area contributed by atoms with Gasteiger partial charge in [0.2, 0.25) is 0 Å². The summed E-state index contributed by atoms with van der Waals surface area (Å²) < 4.78 is 12.9. The van der Waals surface area contributed by atoms with Gasteiger partial charge in [-0.15, -0.1) is 13.1 Å². The van der Waals surface area contributed by atoms with E-state index in [1.807, 2.05) is 13.0 Å². The van der Waals surface area contributed by atoms with Crippen LogP contribution in [-0.4, -0.2) is 23.9 Å². The van der Waals surface area contributed by atoms with Crippen molar-refractivity contribution >= 4 is 5.91 Å². The standard InChI is InChI=1S/C14H21FNO.Cr/c1-5-14(4)7-6-11(2)10-16(9-8-14)13(17)12(3)15;/h5H,1,3,6-10H2,2,4H3;/q-1;. The molecule has 0 aromatic carbocycles. The molecule has 1 unspecified atom stereocenters. The quantitative estimate of drug-likeness (QED) is 0.434. The molecule has 1 rings (SSSR count). The average Bonchev–Trinajstić information content (AvgIpc) is 2.29. The van der Waals surface area contributed by atoms with Gasteiger partial charge in [-0.05, 0) is 11.8 Å². The minimum absolute atomic E-state index is 0. The van der Waals surface area contributed by atoms with Crippen LogP contribution in [0.4, 0.5) is 4.39 Å². The molecule has 0 spiro atoms. The summed E-state index contributed by atoms with van der Waals surface area (Å²) in [6, 6.07) is 0. The van der Waals surface area contributed by atoms with Gasteiger partial charge in [-0.2, -0.15) is 13.3 Å². The van der Waals surface area contributed by atoms with Crippen LogP contribution in [0.15, 0.2) is 25.1 Å². The molecular weight excluding hydrogens is 269 g/mol. The van der Waals surface area contributed by atoms with E-state index in [2.05, 4.69) is 20.1 Å². The average molecular weight is 290 g/mol. The van der Waals surface area contributed by atoms with Crippen LogP contribution < -0.4 is 0 Å². The van der Waals surface area contributed by atoms with Gasteiger partial charge in [0.05, 0.1) is 0 Å². The summed E-state index contributed by atoms with van der Waals surface area (Å²) in [5.41, 5.74) is 0.0257. The van der Waals surface area contributed by atoms with E-state index in [1.54, 1.807) is 4.90 Å². The third kappa shape index (κ3) is 4.59. The Morgan fingerprint density at radius 3 is 2.61 bits per heavy atom. The smallest absolute Gasteiger partial charge is 0.279 e. The van der Waals surface area contributed by atoms with Crippen molar-refractivity contribution in [3.63, 3.8) is 0 Å². The molecule has 1 atom stereocenters. The maximum Gasteiger partial charge on any atom is 0.279 e. The van der Waals surface area contributed by atoms with Crippen molar-refractivity contribution in [1.29, 1.82) is 0 Å². The van der Waals surface area contributed by atoms with E-state index in [9.17, 15) is 9.18 Å². The second-order valence-corrected chi connectivity index (χ2v) is 5.20. The first-order chi connectivity index (χ1) is 7.88. The number of hydrogen-bond acceptors (Lipinski definition) is 1. The SMILES string of the molecule is C=CC1(C)CC[C-](C)CN(C(=O)C(=C)F)CC1.[Cr]. The van der Waals surface area contributed by atoms with Crippen LogP contribution in [0.3, 0.4) is 0 Å². The number of carbonyl (C=O) groups excluding carboxylic acids is 1. The maximum atomic E-state index is 12.9. The van der Waals surface area contributed by atoms with E-state index >= 15 is 0 Å². The Hall–Kier alpha value is -0.588. The zero-order chi connectivity index (χ0) is 13.1. The van der Waals surface area contributed by atoms with Crippen molar-refractivity contribution < 1.29 is 26.5 Å². The predicted molar refractivity (Wildman–Crippen MR) is 67.9 cm³/mol. The van der Waals surface area contributed by atoms with Crippen molar-refractivity contribution in [1.82, 2.24) is 4.90 Å². The van der Waals surface area contributed by atoms with Crippen LogP contribution in [0.2, 0.25) is 0 Å². The van der Waals surface area contributed by atoms with Crippen LogP contribution in [0, 0.1) is 11.3 Å². The van der Waals surface area contributed by atoms with E-state index in [4.69, 9.17) is 0 Å². The maximum absolute atomic E-state index is 12.9. The fourth-order valence-electron chi connectivity index (χ4n) is 2.05. The minimum atomic E-state index is -0.876. The summed E-state index contributed by atoms with van der Waals surface area (Å²) >= 11 is 0. The van der Waals surface area contributed by atoms with Gasteiger partial charge < -0.3 is 4.90 Å². The Kier molecular flexibility index (Phi) is 6.88. The Bertz CT molecular complexity index is 332. The molecule has 0 saturated carbocycles. The molecule has 1 aliphatic rings. The predicted octanol–water partition coefficient (Wildman–Crippen LogP) is 3.27. The van der Waals surface area contributed by atoms with Crippen molar-refractivity contribution in [2.45, 2.75) is 33.1 Å². The summed E-state index contributed by atoms with van der Waals surface area (Å²) in [4.78, 5) is 13.2.